The average molecular weight is 255 g/mol. The molecule has 1 aromatic carbocycles. The Morgan fingerprint density at radius 3 is 3.00 bits per heavy atom. The molecule has 0 bridgehead atoms. The fraction of sp³-hybridized carbons (Fsp3) is 0.417. The first-order valence-electron chi connectivity index (χ1n) is 5.36. The largest absolute Gasteiger partial charge is 0.335 e. The van der Waals surface area contributed by atoms with E-state index < -0.39 is 0 Å². The molecule has 0 amide bonds. The van der Waals surface area contributed by atoms with E-state index >= 15 is 0 Å². The maximum absolute atomic E-state index is 6.07. The first-order valence-corrected chi connectivity index (χ1v) is 6.72. The molecule has 1 atom stereocenters. The van der Waals surface area contributed by atoms with Crippen molar-refractivity contribution in [1.82, 2.24) is 0 Å². The van der Waals surface area contributed by atoms with Crippen molar-refractivity contribution in [2.75, 3.05) is 17.6 Å². The predicted molar refractivity (Wildman–Crippen MR) is 73.7 cm³/mol. The van der Waals surface area contributed by atoms with Gasteiger partial charge in [0.25, 0.3) is 0 Å². The summed E-state index contributed by atoms with van der Waals surface area (Å²) in [5.41, 5.74) is 2.12. The topological polar surface area (TPSA) is 24.4 Å². The minimum Gasteiger partial charge on any atom is -0.335 e. The summed E-state index contributed by atoms with van der Waals surface area (Å²) in [4.78, 5) is 4.50. The van der Waals surface area contributed by atoms with Gasteiger partial charge in [0.15, 0.2) is 5.17 Å². The van der Waals surface area contributed by atoms with Crippen molar-refractivity contribution >= 4 is 34.2 Å². The Morgan fingerprint density at radius 2 is 2.31 bits per heavy atom. The van der Waals surface area contributed by atoms with E-state index in [0.29, 0.717) is 5.92 Å². The number of halogens is 1. The van der Waals surface area contributed by atoms with Gasteiger partial charge in [0.1, 0.15) is 0 Å². The molecule has 1 aliphatic heterocycles. The third-order valence-corrected chi connectivity index (χ3v) is 4.21. The van der Waals surface area contributed by atoms with Crippen LogP contribution in [0.5, 0.6) is 0 Å². The van der Waals surface area contributed by atoms with Crippen LogP contribution in [-0.4, -0.2) is 17.5 Å². The number of rotatable bonds is 1. The van der Waals surface area contributed by atoms with Crippen molar-refractivity contribution in [2.24, 2.45) is 10.9 Å². The van der Waals surface area contributed by atoms with Gasteiger partial charge in [0.2, 0.25) is 0 Å². The van der Waals surface area contributed by atoms with Gasteiger partial charge in [-0.15, -0.1) is 0 Å². The van der Waals surface area contributed by atoms with Crippen LogP contribution in [0, 0.1) is 12.8 Å². The van der Waals surface area contributed by atoms with Crippen LogP contribution in [0.25, 0.3) is 0 Å². The molecule has 0 aliphatic carbocycles. The average Bonchev–Trinajstić information content (AvgIpc) is 2.28. The van der Waals surface area contributed by atoms with Gasteiger partial charge in [0.05, 0.1) is 0 Å². The molecule has 2 nitrogen and oxygen atoms in total. The smallest absolute Gasteiger partial charge is 0.161 e. The molecule has 1 aromatic rings. The minimum atomic E-state index is 0.677. The molecule has 16 heavy (non-hydrogen) atoms. The Kier molecular flexibility index (Phi) is 3.77. The van der Waals surface area contributed by atoms with Crippen LogP contribution in [0.4, 0.5) is 5.69 Å². The molecule has 1 unspecified atom stereocenters. The second-order valence-corrected chi connectivity index (χ2v) is 5.52. The number of nitrogens with one attached hydrogen (secondary N) is 1. The summed E-state index contributed by atoms with van der Waals surface area (Å²) in [6, 6.07) is 5.89. The van der Waals surface area contributed by atoms with Gasteiger partial charge in [-0.25, -0.2) is 0 Å². The van der Waals surface area contributed by atoms with Crippen LogP contribution < -0.4 is 5.32 Å². The third kappa shape index (κ3) is 2.71. The second kappa shape index (κ2) is 5.11. The predicted octanol–water partition coefficient (Wildman–Crippen LogP) is 3.80. The lowest BCUT2D eigenvalue weighted by molar-refractivity contribution is 0.674. The van der Waals surface area contributed by atoms with Gasteiger partial charge >= 0.3 is 0 Å². The SMILES string of the molecule is Cc1c(Cl)cccc1NC1=NCC(C)CS1. The number of benzene rings is 1. The van der Waals surface area contributed by atoms with Gasteiger partial charge in [0, 0.05) is 23.0 Å². The number of nitrogens with zero attached hydrogens (tertiary/aromatic N) is 1. The van der Waals surface area contributed by atoms with Crippen molar-refractivity contribution in [3.05, 3.63) is 28.8 Å². The normalized spacial score (nSPS) is 20.4. The minimum absolute atomic E-state index is 0.677. The van der Waals surface area contributed by atoms with Crippen molar-refractivity contribution in [3.63, 3.8) is 0 Å². The van der Waals surface area contributed by atoms with Crippen molar-refractivity contribution in [3.8, 4) is 0 Å². The summed E-state index contributed by atoms with van der Waals surface area (Å²) in [7, 11) is 0. The number of aliphatic imine (C=N–C) groups is 1. The van der Waals surface area contributed by atoms with Gasteiger partial charge in [-0.1, -0.05) is 36.4 Å². The van der Waals surface area contributed by atoms with Crippen molar-refractivity contribution in [1.29, 1.82) is 0 Å². The Labute approximate surface area is 105 Å². The summed E-state index contributed by atoms with van der Waals surface area (Å²) < 4.78 is 0. The van der Waals surface area contributed by atoms with Crippen LogP contribution in [0.2, 0.25) is 5.02 Å². The molecule has 4 heteroatoms. The molecule has 0 saturated carbocycles. The fourth-order valence-electron chi connectivity index (χ4n) is 1.49. The van der Waals surface area contributed by atoms with Crippen LogP contribution >= 0.6 is 23.4 Å². The summed E-state index contributed by atoms with van der Waals surface area (Å²) in [6.07, 6.45) is 0. The number of hydrogen-bond donors (Lipinski definition) is 1. The standard InChI is InChI=1S/C12H15ClN2S/c1-8-6-14-12(16-7-8)15-11-5-3-4-10(13)9(11)2/h3-5,8H,6-7H2,1-2H3,(H,14,15). The lowest BCUT2D eigenvalue weighted by atomic mass is 10.2. The Bertz CT molecular complexity index is 417. The molecule has 0 saturated heterocycles. The highest BCUT2D eigenvalue weighted by Gasteiger charge is 2.13. The summed E-state index contributed by atoms with van der Waals surface area (Å²) >= 11 is 7.84. The molecule has 1 N–H and O–H groups in total. The molecule has 0 aromatic heterocycles. The molecule has 2 rings (SSSR count). The molecule has 0 fully saturated rings. The Morgan fingerprint density at radius 1 is 1.50 bits per heavy atom. The van der Waals surface area contributed by atoms with Crippen LogP contribution in [0.1, 0.15) is 12.5 Å². The number of thioether (sulfide) groups is 1. The zero-order chi connectivity index (χ0) is 11.5. The van der Waals surface area contributed by atoms with Crippen LogP contribution in [0.3, 0.4) is 0 Å². The molecular weight excluding hydrogens is 240 g/mol. The van der Waals surface area contributed by atoms with Gasteiger partial charge in [-0.2, -0.15) is 0 Å². The lowest BCUT2D eigenvalue weighted by Gasteiger charge is -2.19. The highest BCUT2D eigenvalue weighted by molar-refractivity contribution is 8.14. The quantitative estimate of drug-likeness (QED) is 0.824. The van der Waals surface area contributed by atoms with E-state index in [1.54, 1.807) is 11.8 Å². The number of anilines is 1. The van der Waals surface area contributed by atoms with Crippen molar-refractivity contribution in [2.45, 2.75) is 13.8 Å². The first-order chi connectivity index (χ1) is 7.66. The van der Waals surface area contributed by atoms with Crippen LogP contribution in [0.15, 0.2) is 23.2 Å². The highest BCUT2D eigenvalue weighted by Crippen LogP contribution is 2.25. The maximum Gasteiger partial charge on any atom is 0.161 e. The van der Waals surface area contributed by atoms with E-state index in [4.69, 9.17) is 11.6 Å². The Hall–Kier alpha value is -0.670. The number of amidine groups is 1. The molecular formula is C12H15ClN2S. The summed E-state index contributed by atoms with van der Waals surface area (Å²) in [5.74, 6) is 1.81. The van der Waals surface area contributed by atoms with E-state index in [-0.39, 0.29) is 0 Å². The van der Waals surface area contributed by atoms with E-state index in [0.717, 1.165) is 33.7 Å². The second-order valence-electron chi connectivity index (χ2n) is 4.10. The molecule has 0 spiro atoms. The van der Waals surface area contributed by atoms with Crippen molar-refractivity contribution < 1.29 is 0 Å². The van der Waals surface area contributed by atoms with E-state index in [1.165, 1.54) is 0 Å². The summed E-state index contributed by atoms with van der Waals surface area (Å²) in [5, 5.41) is 5.13. The molecule has 86 valence electrons. The fourth-order valence-corrected chi connectivity index (χ4v) is 2.56. The van der Waals surface area contributed by atoms with Crippen LogP contribution in [-0.2, 0) is 0 Å². The lowest BCUT2D eigenvalue weighted by Crippen LogP contribution is -2.19. The summed E-state index contributed by atoms with van der Waals surface area (Å²) in [6.45, 7) is 5.15. The molecule has 1 heterocycles. The van der Waals surface area contributed by atoms with E-state index in [2.05, 4.69) is 17.2 Å². The third-order valence-electron chi connectivity index (χ3n) is 2.56. The monoisotopic (exact) mass is 254 g/mol. The van der Waals surface area contributed by atoms with E-state index in [1.807, 2.05) is 25.1 Å². The van der Waals surface area contributed by atoms with Gasteiger partial charge in [-0.3, -0.25) is 4.99 Å². The zero-order valence-corrected chi connectivity index (χ0v) is 11.0. The maximum atomic E-state index is 6.07. The van der Waals surface area contributed by atoms with Gasteiger partial charge < -0.3 is 5.32 Å². The van der Waals surface area contributed by atoms with E-state index in [9.17, 15) is 0 Å². The molecule has 1 aliphatic rings. The molecule has 0 radical (unpaired) electrons. The van der Waals surface area contributed by atoms with Gasteiger partial charge in [-0.05, 0) is 30.5 Å². The zero-order valence-electron chi connectivity index (χ0n) is 9.46. The Balaban J connectivity index is 2.12. The highest BCUT2D eigenvalue weighted by atomic mass is 35.5. The first kappa shape index (κ1) is 11.8. The number of hydrogen-bond acceptors (Lipinski definition) is 3.